The molecule has 0 radical (unpaired) electrons. The molecule has 0 atom stereocenters. The number of rotatable bonds is 6. The lowest BCUT2D eigenvalue weighted by Crippen LogP contribution is -2.23. The quantitative estimate of drug-likeness (QED) is 0.774. The molecule has 0 unspecified atom stereocenters. The fourth-order valence-corrected chi connectivity index (χ4v) is 2.50. The second kappa shape index (κ2) is 8.33. The Morgan fingerprint density at radius 3 is 2.46 bits per heavy atom. The summed E-state index contributed by atoms with van der Waals surface area (Å²) in [6.07, 6.45) is 0. The number of hydrogen-bond acceptors (Lipinski definition) is 5. The van der Waals surface area contributed by atoms with Gasteiger partial charge in [-0.05, 0) is 45.9 Å². The van der Waals surface area contributed by atoms with Crippen molar-refractivity contribution in [3.63, 3.8) is 0 Å². The molecule has 2 aromatic rings. The number of carbonyl (C=O) groups excluding carboxylic acids is 3. The summed E-state index contributed by atoms with van der Waals surface area (Å²) >= 11 is 0. The van der Waals surface area contributed by atoms with Crippen molar-refractivity contribution < 1.29 is 23.5 Å². The van der Waals surface area contributed by atoms with Crippen LogP contribution in [-0.2, 0) is 9.53 Å². The molecule has 0 aliphatic rings. The number of anilines is 1. The number of esters is 1. The van der Waals surface area contributed by atoms with E-state index in [9.17, 15) is 14.4 Å². The molecule has 2 amide bonds. The number of furan rings is 1. The summed E-state index contributed by atoms with van der Waals surface area (Å²) in [5, 5.41) is 5.28. The molecule has 0 saturated carbocycles. The zero-order valence-corrected chi connectivity index (χ0v) is 15.3. The van der Waals surface area contributed by atoms with E-state index in [0.717, 1.165) is 0 Å². The average Bonchev–Trinajstić information content (AvgIpc) is 2.85. The Morgan fingerprint density at radius 2 is 1.85 bits per heavy atom. The van der Waals surface area contributed by atoms with E-state index in [1.54, 1.807) is 45.0 Å². The van der Waals surface area contributed by atoms with Gasteiger partial charge in [-0.3, -0.25) is 9.59 Å². The van der Waals surface area contributed by atoms with Crippen molar-refractivity contribution in [3.8, 4) is 0 Å². The van der Waals surface area contributed by atoms with Gasteiger partial charge in [-0.2, -0.15) is 0 Å². The molecule has 1 aromatic carbocycles. The Labute approximate surface area is 151 Å². The van der Waals surface area contributed by atoms with E-state index in [4.69, 9.17) is 9.15 Å². The zero-order valence-electron chi connectivity index (χ0n) is 15.3. The largest absolute Gasteiger partial charge is 0.465 e. The van der Waals surface area contributed by atoms with Gasteiger partial charge in [0.2, 0.25) is 0 Å². The van der Waals surface area contributed by atoms with Gasteiger partial charge in [0.1, 0.15) is 17.1 Å². The Bertz CT molecular complexity index is 838. The molecule has 0 aliphatic carbocycles. The van der Waals surface area contributed by atoms with E-state index in [1.165, 1.54) is 0 Å². The van der Waals surface area contributed by atoms with Crippen LogP contribution in [0.4, 0.5) is 5.69 Å². The van der Waals surface area contributed by atoms with Crippen LogP contribution in [0.1, 0.15) is 44.7 Å². The van der Waals surface area contributed by atoms with Gasteiger partial charge in [0.25, 0.3) is 11.8 Å². The minimum atomic E-state index is -0.608. The Kier molecular flexibility index (Phi) is 6.16. The molecular weight excluding hydrogens is 336 g/mol. The topological polar surface area (TPSA) is 97.6 Å². The molecule has 2 N–H and O–H groups in total. The summed E-state index contributed by atoms with van der Waals surface area (Å²) < 4.78 is 10.4. The highest BCUT2D eigenvalue weighted by molar-refractivity contribution is 5.98. The third-order valence-electron chi connectivity index (χ3n) is 3.85. The molecule has 2 rings (SSSR count). The summed E-state index contributed by atoms with van der Waals surface area (Å²) in [7, 11) is 0. The van der Waals surface area contributed by atoms with Crippen LogP contribution in [-0.4, -0.2) is 30.9 Å². The molecule has 7 heteroatoms. The molecule has 0 saturated heterocycles. The highest BCUT2D eigenvalue weighted by atomic mass is 16.5. The van der Waals surface area contributed by atoms with E-state index in [2.05, 4.69) is 10.6 Å². The first-order chi connectivity index (χ1) is 12.3. The van der Waals surface area contributed by atoms with E-state index < -0.39 is 18.5 Å². The second-order valence-electron chi connectivity index (χ2n) is 5.78. The number of benzene rings is 1. The molecule has 7 nitrogen and oxygen atoms in total. The van der Waals surface area contributed by atoms with Gasteiger partial charge in [-0.25, -0.2) is 4.79 Å². The van der Waals surface area contributed by atoms with Gasteiger partial charge < -0.3 is 19.8 Å². The van der Waals surface area contributed by atoms with Crippen LogP contribution in [0, 0.1) is 20.8 Å². The van der Waals surface area contributed by atoms with Crippen molar-refractivity contribution in [2.75, 3.05) is 18.5 Å². The molecule has 1 aromatic heterocycles. The first-order valence-corrected chi connectivity index (χ1v) is 8.25. The Morgan fingerprint density at radius 1 is 1.12 bits per heavy atom. The summed E-state index contributed by atoms with van der Waals surface area (Å²) in [6.45, 7) is 7.08. The van der Waals surface area contributed by atoms with E-state index in [-0.39, 0.29) is 5.91 Å². The van der Waals surface area contributed by atoms with Crippen molar-refractivity contribution >= 4 is 23.5 Å². The average molecular weight is 358 g/mol. The number of amides is 2. The molecule has 1 heterocycles. The number of aryl methyl sites for hydroxylation is 2. The predicted octanol–water partition coefficient (Wildman–Crippen LogP) is 2.75. The molecule has 138 valence electrons. The lowest BCUT2D eigenvalue weighted by Gasteiger charge is -2.08. The monoisotopic (exact) mass is 358 g/mol. The van der Waals surface area contributed by atoms with Gasteiger partial charge >= 0.3 is 5.97 Å². The summed E-state index contributed by atoms with van der Waals surface area (Å²) in [4.78, 5) is 36.0. The van der Waals surface area contributed by atoms with Crippen LogP contribution >= 0.6 is 0 Å². The zero-order chi connectivity index (χ0) is 19.3. The minimum Gasteiger partial charge on any atom is -0.465 e. The van der Waals surface area contributed by atoms with Crippen LogP contribution in [0.5, 0.6) is 0 Å². The lowest BCUT2D eigenvalue weighted by molar-refractivity contribution is -0.119. The third-order valence-corrected chi connectivity index (χ3v) is 3.85. The second-order valence-corrected chi connectivity index (χ2v) is 5.78. The molecule has 26 heavy (non-hydrogen) atoms. The predicted molar refractivity (Wildman–Crippen MR) is 96.3 cm³/mol. The van der Waals surface area contributed by atoms with E-state index in [0.29, 0.717) is 40.4 Å². The number of nitrogens with one attached hydrogen (secondary N) is 2. The van der Waals surface area contributed by atoms with Crippen LogP contribution in [0.15, 0.2) is 28.7 Å². The summed E-state index contributed by atoms with van der Waals surface area (Å²) in [5.74, 6) is -0.234. The maximum absolute atomic E-state index is 12.2. The SMILES string of the molecule is CCNC(=O)c1cccc(NC(=O)COC(=O)c2c(C)oc(C)c2C)c1. The molecule has 0 fully saturated rings. The Balaban J connectivity index is 1.96. The standard InChI is InChI=1S/C19H22N2O5/c1-5-20-18(23)14-7-6-8-15(9-14)21-16(22)10-25-19(24)17-11(2)12(3)26-13(17)4/h6-9H,5,10H2,1-4H3,(H,20,23)(H,21,22). The van der Waals surface area contributed by atoms with Gasteiger partial charge in [0.15, 0.2) is 6.61 Å². The first kappa shape index (κ1) is 19.2. The highest BCUT2D eigenvalue weighted by Gasteiger charge is 2.20. The third kappa shape index (κ3) is 4.50. The first-order valence-electron chi connectivity index (χ1n) is 8.25. The maximum Gasteiger partial charge on any atom is 0.342 e. The number of hydrogen-bond donors (Lipinski definition) is 2. The van der Waals surface area contributed by atoms with Crippen molar-refractivity contribution in [3.05, 3.63) is 52.5 Å². The van der Waals surface area contributed by atoms with Crippen LogP contribution < -0.4 is 10.6 Å². The van der Waals surface area contributed by atoms with Gasteiger partial charge in [-0.1, -0.05) is 6.07 Å². The minimum absolute atomic E-state index is 0.226. The molecule has 0 bridgehead atoms. The van der Waals surface area contributed by atoms with Crippen molar-refractivity contribution in [2.24, 2.45) is 0 Å². The molecule has 0 spiro atoms. The van der Waals surface area contributed by atoms with Crippen LogP contribution in [0.2, 0.25) is 0 Å². The normalized spacial score (nSPS) is 10.3. The van der Waals surface area contributed by atoms with Crippen molar-refractivity contribution in [1.29, 1.82) is 0 Å². The Hall–Kier alpha value is -3.09. The van der Waals surface area contributed by atoms with Crippen molar-refractivity contribution in [1.82, 2.24) is 5.32 Å². The lowest BCUT2D eigenvalue weighted by atomic mass is 10.1. The number of ether oxygens (including phenoxy) is 1. The van der Waals surface area contributed by atoms with Gasteiger partial charge in [0, 0.05) is 23.4 Å². The summed E-state index contributed by atoms with van der Waals surface area (Å²) in [5.41, 5.74) is 1.92. The van der Waals surface area contributed by atoms with Crippen LogP contribution in [0.3, 0.4) is 0 Å². The van der Waals surface area contributed by atoms with Crippen molar-refractivity contribution in [2.45, 2.75) is 27.7 Å². The molecular formula is C19H22N2O5. The fourth-order valence-electron chi connectivity index (χ4n) is 2.50. The fraction of sp³-hybridized carbons (Fsp3) is 0.316. The van der Waals surface area contributed by atoms with Crippen LogP contribution in [0.25, 0.3) is 0 Å². The highest BCUT2D eigenvalue weighted by Crippen LogP contribution is 2.21. The molecule has 0 aliphatic heterocycles. The van der Waals surface area contributed by atoms with Gasteiger partial charge in [-0.15, -0.1) is 0 Å². The summed E-state index contributed by atoms with van der Waals surface area (Å²) in [6, 6.07) is 6.51. The van der Waals surface area contributed by atoms with Gasteiger partial charge in [0.05, 0.1) is 0 Å². The smallest absolute Gasteiger partial charge is 0.342 e. The maximum atomic E-state index is 12.2. The van der Waals surface area contributed by atoms with E-state index in [1.807, 2.05) is 6.92 Å². The number of carbonyl (C=O) groups is 3. The van der Waals surface area contributed by atoms with E-state index >= 15 is 0 Å².